The zero-order valence-corrected chi connectivity index (χ0v) is 16.3. The second-order valence-corrected chi connectivity index (χ2v) is 7.46. The molecular formula is C19H14BrNO5S. The molecule has 0 saturated carbocycles. The first-order valence-electron chi connectivity index (χ1n) is 7.87. The van der Waals surface area contributed by atoms with Gasteiger partial charge in [-0.2, -0.15) is 0 Å². The number of rotatable bonds is 6. The Morgan fingerprint density at radius 2 is 1.85 bits per heavy atom. The number of hydrogen-bond donors (Lipinski definition) is 1. The molecule has 0 aliphatic carbocycles. The van der Waals surface area contributed by atoms with E-state index in [9.17, 15) is 14.4 Å². The molecule has 0 bridgehead atoms. The molecule has 2 amide bonds. The highest BCUT2D eigenvalue weighted by molar-refractivity contribution is 9.10. The Labute approximate surface area is 167 Å². The highest BCUT2D eigenvalue weighted by Crippen LogP contribution is 2.34. The van der Waals surface area contributed by atoms with E-state index in [4.69, 9.17) is 9.84 Å². The Morgan fingerprint density at radius 1 is 1.15 bits per heavy atom. The molecule has 1 N–H and O–H groups in total. The molecule has 2 aromatic rings. The summed E-state index contributed by atoms with van der Waals surface area (Å²) in [7, 11) is 0. The lowest BCUT2D eigenvalue weighted by Gasteiger charge is -2.13. The van der Waals surface area contributed by atoms with Crippen molar-refractivity contribution < 1.29 is 24.2 Å². The number of carboxylic acid groups (broad SMARTS) is 1. The first-order valence-corrected chi connectivity index (χ1v) is 9.48. The lowest BCUT2D eigenvalue weighted by atomic mass is 10.2. The average molecular weight is 448 g/mol. The largest absolute Gasteiger partial charge is 0.482 e. The van der Waals surface area contributed by atoms with E-state index in [0.29, 0.717) is 16.2 Å². The molecule has 1 fully saturated rings. The topological polar surface area (TPSA) is 83.9 Å². The molecule has 2 aromatic carbocycles. The number of carbonyl (C=O) groups is 3. The molecule has 27 heavy (non-hydrogen) atoms. The Balaban J connectivity index is 1.72. The van der Waals surface area contributed by atoms with Crippen LogP contribution in [0.1, 0.15) is 11.1 Å². The summed E-state index contributed by atoms with van der Waals surface area (Å²) in [5.41, 5.74) is 1.56. The summed E-state index contributed by atoms with van der Waals surface area (Å²) in [6.45, 7) is -0.224. The number of aliphatic carboxylic acids is 1. The smallest absolute Gasteiger partial charge is 0.341 e. The summed E-state index contributed by atoms with van der Waals surface area (Å²) < 4.78 is 5.90. The zero-order valence-electron chi connectivity index (χ0n) is 13.9. The fourth-order valence-corrected chi connectivity index (χ4v) is 3.64. The quantitative estimate of drug-likeness (QED) is 0.669. The van der Waals surface area contributed by atoms with Crippen LogP contribution in [0.25, 0.3) is 6.08 Å². The van der Waals surface area contributed by atoms with Crippen molar-refractivity contribution in [2.24, 2.45) is 0 Å². The van der Waals surface area contributed by atoms with Gasteiger partial charge >= 0.3 is 5.97 Å². The van der Waals surface area contributed by atoms with Crippen LogP contribution in [-0.2, 0) is 16.1 Å². The third-order valence-corrected chi connectivity index (χ3v) is 5.38. The predicted molar refractivity (Wildman–Crippen MR) is 105 cm³/mol. The summed E-state index contributed by atoms with van der Waals surface area (Å²) >= 11 is 4.32. The van der Waals surface area contributed by atoms with Crippen molar-refractivity contribution in [3.63, 3.8) is 0 Å². The third kappa shape index (κ3) is 4.78. The average Bonchev–Trinajstić information content (AvgIpc) is 2.90. The minimum Gasteiger partial charge on any atom is -0.482 e. The van der Waals surface area contributed by atoms with Gasteiger partial charge in [0.05, 0.1) is 11.4 Å². The molecule has 0 spiro atoms. The standard InChI is InChI=1S/C19H14BrNO5S/c20-15-4-2-1-3-13(15)10-21-18(24)16(27-19(21)25)9-12-5-7-14(8-6-12)26-11-17(22)23/h1-9H,10-11H2,(H,22,23)/b16-9-. The van der Waals surface area contributed by atoms with Gasteiger partial charge in [-0.25, -0.2) is 4.79 Å². The van der Waals surface area contributed by atoms with E-state index < -0.39 is 12.6 Å². The van der Waals surface area contributed by atoms with E-state index in [1.54, 1.807) is 30.3 Å². The second-order valence-electron chi connectivity index (χ2n) is 5.61. The Morgan fingerprint density at radius 3 is 2.52 bits per heavy atom. The van der Waals surface area contributed by atoms with Crippen LogP contribution in [0.5, 0.6) is 5.75 Å². The number of halogens is 1. The maximum atomic E-state index is 12.6. The van der Waals surface area contributed by atoms with Crippen molar-refractivity contribution in [1.29, 1.82) is 0 Å². The molecule has 138 valence electrons. The van der Waals surface area contributed by atoms with Gasteiger partial charge in [-0.3, -0.25) is 14.5 Å². The van der Waals surface area contributed by atoms with E-state index in [2.05, 4.69) is 15.9 Å². The van der Waals surface area contributed by atoms with E-state index in [1.807, 2.05) is 24.3 Å². The molecule has 0 atom stereocenters. The van der Waals surface area contributed by atoms with Gasteiger partial charge < -0.3 is 9.84 Å². The number of thioether (sulfide) groups is 1. The van der Waals surface area contributed by atoms with Crippen molar-refractivity contribution in [3.8, 4) is 5.75 Å². The zero-order chi connectivity index (χ0) is 19.4. The summed E-state index contributed by atoms with van der Waals surface area (Å²) in [5, 5.41) is 8.29. The summed E-state index contributed by atoms with van der Waals surface area (Å²) in [6.07, 6.45) is 1.63. The molecule has 0 aromatic heterocycles. The number of carboxylic acids is 1. The lowest BCUT2D eigenvalue weighted by molar-refractivity contribution is -0.139. The minimum atomic E-state index is -1.06. The predicted octanol–water partition coefficient (Wildman–Crippen LogP) is 4.15. The van der Waals surface area contributed by atoms with Crippen molar-refractivity contribution >= 4 is 50.9 Å². The molecule has 8 heteroatoms. The van der Waals surface area contributed by atoms with Gasteiger partial charge in [-0.1, -0.05) is 46.3 Å². The van der Waals surface area contributed by atoms with Crippen LogP contribution in [-0.4, -0.2) is 33.7 Å². The molecule has 1 aliphatic rings. The van der Waals surface area contributed by atoms with E-state index in [1.165, 1.54) is 4.90 Å². The number of imide groups is 1. The Hall–Kier alpha value is -2.58. The first-order chi connectivity index (χ1) is 12.9. The highest BCUT2D eigenvalue weighted by atomic mass is 79.9. The molecule has 1 saturated heterocycles. The molecule has 0 unspecified atom stereocenters. The maximum absolute atomic E-state index is 12.6. The van der Waals surface area contributed by atoms with Crippen LogP contribution >= 0.6 is 27.7 Å². The van der Waals surface area contributed by atoms with Crippen LogP contribution in [0, 0.1) is 0 Å². The molecule has 3 rings (SSSR count). The van der Waals surface area contributed by atoms with Gasteiger partial charge in [0.25, 0.3) is 11.1 Å². The number of nitrogens with zero attached hydrogens (tertiary/aromatic N) is 1. The SMILES string of the molecule is O=C(O)COc1ccc(/C=C2\SC(=O)N(Cc3ccccc3Br)C2=O)cc1. The van der Waals surface area contributed by atoms with Gasteiger partial charge in [-0.05, 0) is 47.2 Å². The third-order valence-electron chi connectivity index (χ3n) is 3.70. The summed E-state index contributed by atoms with van der Waals surface area (Å²) in [6, 6.07) is 14.0. The van der Waals surface area contributed by atoms with Crippen LogP contribution in [0.3, 0.4) is 0 Å². The number of hydrogen-bond acceptors (Lipinski definition) is 5. The number of carbonyl (C=O) groups excluding carboxylic acids is 2. The van der Waals surface area contributed by atoms with Crippen LogP contribution in [0.15, 0.2) is 57.9 Å². The Bertz CT molecular complexity index is 926. The van der Waals surface area contributed by atoms with Gasteiger partial charge in [0.15, 0.2) is 6.61 Å². The molecule has 6 nitrogen and oxygen atoms in total. The van der Waals surface area contributed by atoms with Gasteiger partial charge in [0, 0.05) is 4.47 Å². The van der Waals surface area contributed by atoms with E-state index in [0.717, 1.165) is 21.8 Å². The lowest BCUT2D eigenvalue weighted by Crippen LogP contribution is -2.27. The monoisotopic (exact) mass is 447 g/mol. The van der Waals surface area contributed by atoms with Crippen molar-refractivity contribution in [2.75, 3.05) is 6.61 Å². The minimum absolute atomic E-state index is 0.200. The number of benzene rings is 2. The second kappa shape index (κ2) is 8.41. The van der Waals surface area contributed by atoms with Crippen LogP contribution < -0.4 is 4.74 Å². The normalized spacial score (nSPS) is 15.4. The van der Waals surface area contributed by atoms with Crippen molar-refractivity contribution in [1.82, 2.24) is 4.90 Å². The first kappa shape index (κ1) is 19.2. The number of amides is 2. The van der Waals surface area contributed by atoms with Crippen molar-refractivity contribution in [2.45, 2.75) is 6.54 Å². The molecule has 0 radical (unpaired) electrons. The van der Waals surface area contributed by atoms with Crippen LogP contribution in [0.2, 0.25) is 0 Å². The van der Waals surface area contributed by atoms with Gasteiger partial charge in [0.2, 0.25) is 0 Å². The maximum Gasteiger partial charge on any atom is 0.341 e. The molecule has 1 heterocycles. The summed E-state index contributed by atoms with van der Waals surface area (Å²) in [5.74, 6) is -0.985. The van der Waals surface area contributed by atoms with Gasteiger partial charge in [0.1, 0.15) is 5.75 Å². The van der Waals surface area contributed by atoms with E-state index in [-0.39, 0.29) is 17.7 Å². The number of ether oxygens (including phenoxy) is 1. The van der Waals surface area contributed by atoms with Crippen LogP contribution in [0.4, 0.5) is 4.79 Å². The highest BCUT2D eigenvalue weighted by Gasteiger charge is 2.35. The summed E-state index contributed by atoms with van der Waals surface area (Å²) in [4.78, 5) is 36.9. The molecular weight excluding hydrogens is 434 g/mol. The fraction of sp³-hybridized carbons (Fsp3) is 0.105. The van der Waals surface area contributed by atoms with Gasteiger partial charge in [-0.15, -0.1) is 0 Å². The molecule has 1 aliphatic heterocycles. The van der Waals surface area contributed by atoms with E-state index >= 15 is 0 Å². The fourth-order valence-electron chi connectivity index (χ4n) is 2.39. The Kier molecular flexibility index (Phi) is 5.98. The van der Waals surface area contributed by atoms with Crippen molar-refractivity contribution in [3.05, 3.63) is 69.0 Å².